The molecule has 4 rings (SSSR count). The van der Waals surface area contributed by atoms with E-state index in [4.69, 9.17) is 4.98 Å². The van der Waals surface area contributed by atoms with Crippen molar-refractivity contribution < 1.29 is 0 Å². The standard InChI is InChI=1S/C22H25N5O/c1-26(2)13-16-3-5-17(6-4-16)14-27-12-9-20-19(15-27)22(28)25-21(24-20)18-7-10-23-11-8-18/h3-8,10-11H,9,12-15H2,1-2H3,(H,24,25,28). The Balaban J connectivity index is 1.48. The maximum Gasteiger partial charge on any atom is 0.255 e. The van der Waals surface area contributed by atoms with Crippen LogP contribution in [0.4, 0.5) is 0 Å². The number of aromatic nitrogens is 3. The van der Waals surface area contributed by atoms with Crippen LogP contribution in [-0.4, -0.2) is 45.4 Å². The van der Waals surface area contributed by atoms with Crippen molar-refractivity contribution in [3.05, 3.63) is 81.5 Å². The van der Waals surface area contributed by atoms with Gasteiger partial charge < -0.3 is 9.88 Å². The molecule has 0 saturated heterocycles. The summed E-state index contributed by atoms with van der Waals surface area (Å²) in [5.74, 6) is 0.621. The van der Waals surface area contributed by atoms with Crippen LogP contribution in [0.3, 0.4) is 0 Å². The van der Waals surface area contributed by atoms with Gasteiger partial charge in [0.25, 0.3) is 5.56 Å². The Morgan fingerprint density at radius 1 is 1.07 bits per heavy atom. The van der Waals surface area contributed by atoms with Crippen LogP contribution >= 0.6 is 0 Å². The molecule has 6 nitrogen and oxygen atoms in total. The molecule has 1 aromatic carbocycles. The van der Waals surface area contributed by atoms with E-state index in [1.807, 2.05) is 12.1 Å². The lowest BCUT2D eigenvalue weighted by Crippen LogP contribution is -2.35. The van der Waals surface area contributed by atoms with Gasteiger partial charge in [-0.2, -0.15) is 0 Å². The van der Waals surface area contributed by atoms with E-state index in [0.29, 0.717) is 12.4 Å². The summed E-state index contributed by atoms with van der Waals surface area (Å²) in [7, 11) is 4.15. The van der Waals surface area contributed by atoms with Crippen LogP contribution < -0.4 is 5.56 Å². The molecule has 0 bridgehead atoms. The molecule has 0 spiro atoms. The molecule has 0 atom stereocenters. The van der Waals surface area contributed by atoms with Gasteiger partial charge in [0, 0.05) is 50.6 Å². The Morgan fingerprint density at radius 3 is 2.50 bits per heavy atom. The molecule has 0 amide bonds. The summed E-state index contributed by atoms with van der Waals surface area (Å²) in [6.07, 6.45) is 4.21. The number of nitrogens with zero attached hydrogens (tertiary/aromatic N) is 4. The highest BCUT2D eigenvalue weighted by Gasteiger charge is 2.21. The lowest BCUT2D eigenvalue weighted by atomic mass is 10.0. The molecular formula is C22H25N5O. The smallest absolute Gasteiger partial charge is 0.255 e. The van der Waals surface area contributed by atoms with Gasteiger partial charge >= 0.3 is 0 Å². The van der Waals surface area contributed by atoms with Crippen molar-refractivity contribution in [3.63, 3.8) is 0 Å². The zero-order valence-corrected chi connectivity index (χ0v) is 16.4. The van der Waals surface area contributed by atoms with Crippen LogP contribution in [0.1, 0.15) is 22.4 Å². The van der Waals surface area contributed by atoms with Crippen molar-refractivity contribution in [2.75, 3.05) is 20.6 Å². The number of benzene rings is 1. The Hall–Kier alpha value is -2.83. The highest BCUT2D eigenvalue weighted by Crippen LogP contribution is 2.20. The Morgan fingerprint density at radius 2 is 1.79 bits per heavy atom. The fourth-order valence-corrected chi connectivity index (χ4v) is 3.64. The summed E-state index contributed by atoms with van der Waals surface area (Å²) >= 11 is 0. The van der Waals surface area contributed by atoms with E-state index in [-0.39, 0.29) is 5.56 Å². The summed E-state index contributed by atoms with van der Waals surface area (Å²) in [4.78, 5) is 28.8. The Bertz CT molecular complexity index is 996. The van der Waals surface area contributed by atoms with Gasteiger partial charge in [0.05, 0.1) is 11.3 Å². The quantitative estimate of drug-likeness (QED) is 0.742. The minimum Gasteiger partial charge on any atom is -0.306 e. The number of nitrogens with one attached hydrogen (secondary N) is 1. The van der Waals surface area contributed by atoms with Gasteiger partial charge in [0.2, 0.25) is 0 Å². The number of H-pyrrole nitrogens is 1. The molecule has 0 saturated carbocycles. The van der Waals surface area contributed by atoms with Crippen LogP contribution in [0, 0.1) is 0 Å². The molecule has 3 aromatic rings. The second-order valence-electron chi connectivity index (χ2n) is 7.59. The summed E-state index contributed by atoms with van der Waals surface area (Å²) in [5, 5.41) is 0. The van der Waals surface area contributed by atoms with Gasteiger partial charge in [-0.1, -0.05) is 24.3 Å². The second kappa shape index (κ2) is 8.04. The topological polar surface area (TPSA) is 65.1 Å². The van der Waals surface area contributed by atoms with Crippen LogP contribution in [0.5, 0.6) is 0 Å². The average molecular weight is 375 g/mol. The normalized spacial score (nSPS) is 14.2. The molecule has 0 fully saturated rings. The molecule has 0 radical (unpaired) electrons. The second-order valence-corrected chi connectivity index (χ2v) is 7.59. The van der Waals surface area contributed by atoms with Gasteiger partial charge in [0.15, 0.2) is 0 Å². The Kier molecular flexibility index (Phi) is 5.32. The molecule has 3 heterocycles. The number of hydrogen-bond acceptors (Lipinski definition) is 5. The third kappa shape index (κ3) is 4.18. The van der Waals surface area contributed by atoms with E-state index in [0.717, 1.165) is 42.9 Å². The monoisotopic (exact) mass is 375 g/mol. The Labute approximate surface area is 164 Å². The van der Waals surface area contributed by atoms with Crippen molar-refractivity contribution >= 4 is 0 Å². The number of aromatic amines is 1. The number of pyridine rings is 1. The number of fused-ring (bicyclic) bond motifs is 1. The first-order valence-corrected chi connectivity index (χ1v) is 9.56. The van der Waals surface area contributed by atoms with Crippen LogP contribution in [0.2, 0.25) is 0 Å². The summed E-state index contributed by atoms with van der Waals surface area (Å²) in [6.45, 7) is 3.32. The summed E-state index contributed by atoms with van der Waals surface area (Å²) in [6, 6.07) is 12.5. The number of hydrogen-bond donors (Lipinski definition) is 1. The lowest BCUT2D eigenvalue weighted by molar-refractivity contribution is 0.242. The van der Waals surface area contributed by atoms with Gasteiger partial charge in [-0.05, 0) is 37.4 Å². The third-order valence-corrected chi connectivity index (χ3v) is 5.03. The van der Waals surface area contributed by atoms with E-state index in [1.165, 1.54) is 11.1 Å². The fourth-order valence-electron chi connectivity index (χ4n) is 3.64. The van der Waals surface area contributed by atoms with Crippen LogP contribution in [-0.2, 0) is 26.1 Å². The van der Waals surface area contributed by atoms with Crippen molar-refractivity contribution in [2.45, 2.75) is 26.1 Å². The molecule has 144 valence electrons. The zero-order chi connectivity index (χ0) is 19.5. The first kappa shape index (κ1) is 18.5. The van der Waals surface area contributed by atoms with E-state index >= 15 is 0 Å². The predicted octanol–water partition coefficient (Wildman–Crippen LogP) is 2.45. The highest BCUT2D eigenvalue weighted by atomic mass is 16.1. The van der Waals surface area contributed by atoms with Crippen molar-refractivity contribution in [1.29, 1.82) is 0 Å². The van der Waals surface area contributed by atoms with Crippen LogP contribution in [0.25, 0.3) is 11.4 Å². The molecule has 1 aliphatic heterocycles. The SMILES string of the molecule is CN(C)Cc1ccc(CN2CCc3nc(-c4ccncc4)[nH]c(=O)c3C2)cc1. The van der Waals surface area contributed by atoms with E-state index in [1.54, 1.807) is 12.4 Å². The molecular weight excluding hydrogens is 350 g/mol. The van der Waals surface area contributed by atoms with Crippen molar-refractivity contribution in [3.8, 4) is 11.4 Å². The summed E-state index contributed by atoms with van der Waals surface area (Å²) in [5.41, 5.74) is 5.12. The van der Waals surface area contributed by atoms with Crippen LogP contribution in [0.15, 0.2) is 53.6 Å². The highest BCUT2D eigenvalue weighted by molar-refractivity contribution is 5.54. The van der Waals surface area contributed by atoms with Gasteiger partial charge in [0.1, 0.15) is 5.82 Å². The molecule has 1 N–H and O–H groups in total. The van der Waals surface area contributed by atoms with E-state index < -0.39 is 0 Å². The molecule has 28 heavy (non-hydrogen) atoms. The van der Waals surface area contributed by atoms with Crippen molar-refractivity contribution in [1.82, 2.24) is 24.8 Å². The minimum absolute atomic E-state index is 0.0390. The first-order chi connectivity index (χ1) is 13.6. The lowest BCUT2D eigenvalue weighted by Gasteiger charge is -2.27. The molecule has 0 unspecified atom stereocenters. The van der Waals surface area contributed by atoms with Gasteiger partial charge in [-0.3, -0.25) is 14.7 Å². The maximum atomic E-state index is 12.7. The largest absolute Gasteiger partial charge is 0.306 e. The summed E-state index contributed by atoms with van der Waals surface area (Å²) < 4.78 is 0. The van der Waals surface area contributed by atoms with E-state index in [2.05, 4.69) is 58.1 Å². The molecule has 1 aliphatic rings. The van der Waals surface area contributed by atoms with Gasteiger partial charge in [-0.15, -0.1) is 0 Å². The predicted molar refractivity (Wildman–Crippen MR) is 110 cm³/mol. The minimum atomic E-state index is -0.0390. The molecule has 6 heteroatoms. The number of rotatable bonds is 5. The van der Waals surface area contributed by atoms with E-state index in [9.17, 15) is 4.79 Å². The molecule has 2 aromatic heterocycles. The van der Waals surface area contributed by atoms with Gasteiger partial charge in [-0.25, -0.2) is 4.98 Å². The first-order valence-electron chi connectivity index (χ1n) is 9.56. The fraction of sp³-hybridized carbons (Fsp3) is 0.318. The molecule has 0 aliphatic carbocycles. The maximum absolute atomic E-state index is 12.7. The third-order valence-electron chi connectivity index (χ3n) is 5.03. The zero-order valence-electron chi connectivity index (χ0n) is 16.4. The average Bonchev–Trinajstić information content (AvgIpc) is 2.70. The van der Waals surface area contributed by atoms with Crippen molar-refractivity contribution in [2.24, 2.45) is 0 Å².